The van der Waals surface area contributed by atoms with E-state index in [1.165, 1.54) is 0 Å². The highest BCUT2D eigenvalue weighted by molar-refractivity contribution is 5.68. The van der Waals surface area contributed by atoms with E-state index >= 15 is 0 Å². The zero-order chi connectivity index (χ0) is 13.5. The van der Waals surface area contributed by atoms with Crippen LogP contribution in [0.25, 0.3) is 0 Å². The number of carboxylic acid groups (broad SMARTS) is 1. The lowest BCUT2D eigenvalue weighted by molar-refractivity contribution is -0.138. The summed E-state index contributed by atoms with van der Waals surface area (Å²) in [6, 6.07) is -0.0258. The molecule has 0 aromatic heterocycles. The molecule has 0 aromatic carbocycles. The number of alkyl carbamates (subject to hydrolysis) is 1. The first-order valence-corrected chi connectivity index (χ1v) is 6.42. The van der Waals surface area contributed by atoms with Crippen LogP contribution in [0.3, 0.4) is 0 Å². The minimum Gasteiger partial charge on any atom is -0.481 e. The maximum atomic E-state index is 11.4. The van der Waals surface area contributed by atoms with Gasteiger partial charge in [0.2, 0.25) is 0 Å². The van der Waals surface area contributed by atoms with Crippen LogP contribution in [0.5, 0.6) is 0 Å². The van der Waals surface area contributed by atoms with Crippen molar-refractivity contribution in [2.75, 3.05) is 26.2 Å². The molecule has 6 heteroatoms. The third-order valence-electron chi connectivity index (χ3n) is 3.12. The Hall–Kier alpha value is -1.30. The Morgan fingerprint density at radius 1 is 1.39 bits per heavy atom. The Balaban J connectivity index is 2.51. The van der Waals surface area contributed by atoms with Crippen LogP contribution in [0, 0.1) is 5.92 Å². The van der Waals surface area contributed by atoms with E-state index in [2.05, 4.69) is 10.2 Å². The van der Waals surface area contributed by atoms with Crippen LogP contribution in [0.1, 0.15) is 26.7 Å². The second-order valence-corrected chi connectivity index (χ2v) is 4.61. The smallest absolute Gasteiger partial charge is 0.407 e. The van der Waals surface area contributed by atoms with Crippen molar-refractivity contribution >= 4 is 12.1 Å². The van der Waals surface area contributed by atoms with Gasteiger partial charge >= 0.3 is 12.1 Å². The molecule has 1 saturated heterocycles. The van der Waals surface area contributed by atoms with Crippen molar-refractivity contribution < 1.29 is 19.4 Å². The molecule has 104 valence electrons. The van der Waals surface area contributed by atoms with Crippen LogP contribution in [0.2, 0.25) is 0 Å². The highest BCUT2D eigenvalue weighted by Crippen LogP contribution is 2.20. The number of nitrogens with zero attached hydrogens (tertiary/aromatic N) is 1. The Labute approximate surface area is 107 Å². The third-order valence-corrected chi connectivity index (χ3v) is 3.12. The largest absolute Gasteiger partial charge is 0.481 e. The van der Waals surface area contributed by atoms with Gasteiger partial charge in [0, 0.05) is 25.6 Å². The summed E-state index contributed by atoms with van der Waals surface area (Å²) in [6.45, 7) is 6.53. The molecule has 1 aliphatic rings. The molecule has 1 rings (SSSR count). The van der Waals surface area contributed by atoms with E-state index in [0.717, 1.165) is 19.6 Å². The topological polar surface area (TPSA) is 78.9 Å². The summed E-state index contributed by atoms with van der Waals surface area (Å²) in [5.41, 5.74) is 0. The van der Waals surface area contributed by atoms with E-state index in [4.69, 9.17) is 9.84 Å². The SMILES string of the molecule is CCOC(=O)NC1CC(CC(=O)O)CN(CC)C1. The summed E-state index contributed by atoms with van der Waals surface area (Å²) in [5, 5.41) is 11.6. The Bertz CT molecular complexity index is 296. The third kappa shape index (κ3) is 4.91. The Morgan fingerprint density at radius 3 is 2.67 bits per heavy atom. The van der Waals surface area contributed by atoms with Crippen molar-refractivity contribution in [3.05, 3.63) is 0 Å². The molecular formula is C12H22N2O4. The van der Waals surface area contributed by atoms with Crippen LogP contribution in [0.15, 0.2) is 0 Å². The lowest BCUT2D eigenvalue weighted by Crippen LogP contribution is -2.51. The van der Waals surface area contributed by atoms with E-state index in [1.807, 2.05) is 6.92 Å². The van der Waals surface area contributed by atoms with Gasteiger partial charge in [-0.3, -0.25) is 4.79 Å². The number of piperidine rings is 1. The quantitative estimate of drug-likeness (QED) is 0.766. The van der Waals surface area contributed by atoms with E-state index in [1.54, 1.807) is 6.92 Å². The summed E-state index contributed by atoms with van der Waals surface area (Å²) in [4.78, 5) is 24.3. The molecule has 1 fully saturated rings. The van der Waals surface area contributed by atoms with Crippen LogP contribution < -0.4 is 5.32 Å². The molecule has 18 heavy (non-hydrogen) atoms. The van der Waals surface area contributed by atoms with Gasteiger partial charge in [0.1, 0.15) is 0 Å². The highest BCUT2D eigenvalue weighted by Gasteiger charge is 2.29. The highest BCUT2D eigenvalue weighted by atomic mass is 16.5. The Kier molecular flexibility index (Phi) is 5.91. The first-order valence-electron chi connectivity index (χ1n) is 6.42. The predicted octanol–water partition coefficient (Wildman–Crippen LogP) is 0.918. The fourth-order valence-corrected chi connectivity index (χ4v) is 2.40. The summed E-state index contributed by atoms with van der Waals surface area (Å²) in [6.07, 6.45) is 0.425. The number of likely N-dealkylation sites (tertiary alicyclic amines) is 1. The molecule has 1 heterocycles. The van der Waals surface area contributed by atoms with Crippen molar-refractivity contribution in [1.82, 2.24) is 10.2 Å². The number of aliphatic carboxylic acids is 1. The van der Waals surface area contributed by atoms with Crippen LogP contribution in [0.4, 0.5) is 4.79 Å². The summed E-state index contributed by atoms with van der Waals surface area (Å²) < 4.78 is 4.84. The second kappa shape index (κ2) is 7.20. The van der Waals surface area contributed by atoms with Gasteiger partial charge < -0.3 is 20.1 Å². The fraction of sp³-hybridized carbons (Fsp3) is 0.833. The number of hydrogen-bond acceptors (Lipinski definition) is 4. The Morgan fingerprint density at radius 2 is 2.11 bits per heavy atom. The first kappa shape index (κ1) is 14.8. The standard InChI is InChI=1S/C12H22N2O4/c1-3-14-7-9(6-11(15)16)5-10(8-14)13-12(17)18-4-2/h9-10H,3-8H2,1-2H3,(H,13,17)(H,15,16). The van der Waals surface area contributed by atoms with E-state index in [-0.39, 0.29) is 18.4 Å². The summed E-state index contributed by atoms with van der Waals surface area (Å²) >= 11 is 0. The zero-order valence-electron chi connectivity index (χ0n) is 11.0. The van der Waals surface area contributed by atoms with Crippen LogP contribution in [-0.2, 0) is 9.53 Å². The van der Waals surface area contributed by atoms with E-state index in [0.29, 0.717) is 13.0 Å². The molecule has 0 spiro atoms. The first-order chi connectivity index (χ1) is 8.55. The summed E-state index contributed by atoms with van der Waals surface area (Å²) in [7, 11) is 0. The molecule has 2 N–H and O–H groups in total. The van der Waals surface area contributed by atoms with Crippen molar-refractivity contribution in [2.45, 2.75) is 32.7 Å². The maximum absolute atomic E-state index is 11.4. The van der Waals surface area contributed by atoms with Gasteiger partial charge in [-0.25, -0.2) is 4.79 Å². The monoisotopic (exact) mass is 258 g/mol. The van der Waals surface area contributed by atoms with Gasteiger partial charge in [-0.2, -0.15) is 0 Å². The van der Waals surface area contributed by atoms with Crippen molar-refractivity contribution in [3.63, 3.8) is 0 Å². The van der Waals surface area contributed by atoms with Gasteiger partial charge in [-0.05, 0) is 25.8 Å². The second-order valence-electron chi connectivity index (χ2n) is 4.61. The summed E-state index contributed by atoms with van der Waals surface area (Å²) in [5.74, 6) is -0.698. The van der Waals surface area contributed by atoms with Gasteiger partial charge in [-0.1, -0.05) is 6.92 Å². The number of hydrogen-bond donors (Lipinski definition) is 2. The average molecular weight is 258 g/mol. The van der Waals surface area contributed by atoms with Gasteiger partial charge in [0.15, 0.2) is 0 Å². The maximum Gasteiger partial charge on any atom is 0.407 e. The number of rotatable bonds is 5. The lowest BCUT2D eigenvalue weighted by atomic mass is 9.91. The molecule has 0 saturated carbocycles. The molecule has 0 aromatic rings. The van der Waals surface area contributed by atoms with Gasteiger partial charge in [0.05, 0.1) is 6.61 Å². The molecule has 1 aliphatic heterocycles. The van der Waals surface area contributed by atoms with Gasteiger partial charge in [0.25, 0.3) is 0 Å². The molecular weight excluding hydrogens is 236 g/mol. The van der Waals surface area contributed by atoms with Crippen molar-refractivity contribution in [3.8, 4) is 0 Å². The van der Waals surface area contributed by atoms with E-state index in [9.17, 15) is 9.59 Å². The molecule has 2 atom stereocenters. The molecule has 1 amide bonds. The lowest BCUT2D eigenvalue weighted by Gasteiger charge is -2.36. The van der Waals surface area contributed by atoms with Crippen molar-refractivity contribution in [1.29, 1.82) is 0 Å². The predicted molar refractivity (Wildman–Crippen MR) is 66.4 cm³/mol. The minimum absolute atomic E-state index is 0.0258. The number of amides is 1. The zero-order valence-corrected chi connectivity index (χ0v) is 11.0. The normalized spacial score (nSPS) is 24.6. The number of carbonyl (C=O) groups is 2. The number of carboxylic acids is 1. The van der Waals surface area contributed by atoms with E-state index < -0.39 is 12.1 Å². The molecule has 0 aliphatic carbocycles. The van der Waals surface area contributed by atoms with Gasteiger partial charge in [-0.15, -0.1) is 0 Å². The number of carbonyl (C=O) groups excluding carboxylic acids is 1. The number of likely N-dealkylation sites (N-methyl/N-ethyl adjacent to an activating group) is 1. The molecule has 0 radical (unpaired) electrons. The average Bonchev–Trinajstić information content (AvgIpc) is 2.27. The number of ether oxygens (including phenoxy) is 1. The molecule has 6 nitrogen and oxygen atoms in total. The van der Waals surface area contributed by atoms with Crippen LogP contribution >= 0.6 is 0 Å². The van der Waals surface area contributed by atoms with Crippen molar-refractivity contribution in [2.24, 2.45) is 5.92 Å². The van der Waals surface area contributed by atoms with Crippen LogP contribution in [-0.4, -0.2) is 54.4 Å². The fourth-order valence-electron chi connectivity index (χ4n) is 2.40. The number of nitrogens with one attached hydrogen (secondary N) is 1. The molecule has 2 unspecified atom stereocenters. The molecule has 0 bridgehead atoms. The minimum atomic E-state index is -0.784.